The predicted molar refractivity (Wildman–Crippen MR) is 96.5 cm³/mol. The number of rotatable bonds is 5. The van der Waals surface area contributed by atoms with E-state index >= 15 is 0 Å². The second-order valence-corrected chi connectivity index (χ2v) is 6.27. The molecule has 2 aromatic carbocycles. The number of methoxy groups -OCH3 is 2. The molecular weight excluding hydrogens is 314 g/mol. The molecule has 1 atom stereocenters. The molecule has 0 spiro atoms. The van der Waals surface area contributed by atoms with E-state index in [9.17, 15) is 0 Å². The lowest BCUT2D eigenvalue weighted by molar-refractivity contribution is 0.167. The van der Waals surface area contributed by atoms with Gasteiger partial charge in [-0.2, -0.15) is 5.26 Å². The number of fused-ring (bicyclic) bond motifs is 1. The van der Waals surface area contributed by atoms with Crippen LogP contribution in [-0.2, 0) is 13.1 Å². The van der Waals surface area contributed by atoms with Crippen molar-refractivity contribution in [1.29, 1.82) is 5.26 Å². The van der Waals surface area contributed by atoms with Gasteiger partial charge in [-0.3, -0.25) is 4.90 Å². The third kappa shape index (κ3) is 3.19. The van der Waals surface area contributed by atoms with Crippen LogP contribution in [-0.4, -0.2) is 26.2 Å². The topological polar surface area (TPSA) is 57.5 Å². The van der Waals surface area contributed by atoms with Gasteiger partial charge in [-0.05, 0) is 54.9 Å². The summed E-state index contributed by atoms with van der Waals surface area (Å²) in [5.41, 5.74) is 5.24. The second-order valence-electron chi connectivity index (χ2n) is 6.27. The molecule has 1 aliphatic heterocycles. The summed E-state index contributed by atoms with van der Waals surface area (Å²) in [4.78, 5) is 2.32. The van der Waals surface area contributed by atoms with Crippen LogP contribution in [0.4, 0.5) is 0 Å². The van der Waals surface area contributed by atoms with Gasteiger partial charge in [-0.15, -0.1) is 0 Å². The summed E-state index contributed by atoms with van der Waals surface area (Å²) in [6.07, 6.45) is -0.0524. The molecule has 130 valence electrons. The number of benzene rings is 2. The van der Waals surface area contributed by atoms with Crippen molar-refractivity contribution >= 4 is 0 Å². The Labute approximate surface area is 148 Å². The number of hydrogen-bond donors (Lipinski definition) is 1. The van der Waals surface area contributed by atoms with Gasteiger partial charge in [-0.25, -0.2) is 0 Å². The lowest BCUT2D eigenvalue weighted by Crippen LogP contribution is -2.33. The van der Waals surface area contributed by atoms with Crippen LogP contribution in [0.15, 0.2) is 30.3 Å². The van der Waals surface area contributed by atoms with Crippen LogP contribution in [0.3, 0.4) is 0 Å². The molecule has 1 aliphatic rings. The highest BCUT2D eigenvalue weighted by atomic mass is 16.5. The molecule has 5 heteroatoms. The molecule has 0 aromatic heterocycles. The summed E-state index contributed by atoms with van der Waals surface area (Å²) >= 11 is 0. The molecule has 0 fully saturated rings. The number of hydrogen-bond acceptors (Lipinski definition) is 5. The first-order valence-electron chi connectivity index (χ1n) is 8.27. The van der Waals surface area contributed by atoms with Crippen LogP contribution < -0.4 is 14.8 Å². The Morgan fingerprint density at radius 2 is 1.72 bits per heavy atom. The van der Waals surface area contributed by atoms with Crippen molar-refractivity contribution < 1.29 is 9.47 Å². The highest BCUT2D eigenvalue weighted by Gasteiger charge is 2.30. The molecule has 0 radical (unpaired) electrons. The monoisotopic (exact) mass is 337 g/mol. The summed E-state index contributed by atoms with van der Waals surface area (Å²) in [5.74, 6) is 1.62. The maximum atomic E-state index is 9.12. The number of nitriles is 1. The van der Waals surface area contributed by atoms with Crippen molar-refractivity contribution in [2.24, 2.45) is 0 Å². The molecular formula is C20H23N3O2. The molecule has 1 N–H and O–H groups in total. The first-order valence-corrected chi connectivity index (χ1v) is 8.27. The van der Waals surface area contributed by atoms with Gasteiger partial charge < -0.3 is 14.8 Å². The van der Waals surface area contributed by atoms with E-state index in [1.54, 1.807) is 14.2 Å². The predicted octanol–water partition coefficient (Wildman–Crippen LogP) is 3.12. The van der Waals surface area contributed by atoms with Crippen LogP contribution >= 0.6 is 0 Å². The van der Waals surface area contributed by atoms with Crippen molar-refractivity contribution in [2.75, 3.05) is 21.3 Å². The Morgan fingerprint density at radius 1 is 1.08 bits per heavy atom. The fourth-order valence-electron chi connectivity index (χ4n) is 3.52. The van der Waals surface area contributed by atoms with Crippen LogP contribution in [0.1, 0.15) is 34.0 Å². The van der Waals surface area contributed by atoms with Crippen molar-refractivity contribution in [3.05, 3.63) is 58.1 Å². The second kappa shape index (κ2) is 7.14. The standard InChI is InChI=1S/C20H23N3O2/c1-13-7-17(24-3)19(18(8-13)25-4)20(22-2)23-11-15-6-5-14(10-21)9-16(15)12-23/h5-9,20,22H,11-12H2,1-4H3. The third-order valence-electron chi connectivity index (χ3n) is 4.68. The SMILES string of the molecule is CNC(c1c(OC)cc(C)cc1OC)N1Cc2ccc(C#N)cc2C1. The zero-order valence-corrected chi connectivity index (χ0v) is 15.1. The van der Waals surface area contributed by atoms with Gasteiger partial charge in [0, 0.05) is 13.1 Å². The summed E-state index contributed by atoms with van der Waals surface area (Å²) in [6.45, 7) is 3.61. The van der Waals surface area contributed by atoms with Gasteiger partial charge in [-0.1, -0.05) is 6.07 Å². The molecule has 3 rings (SSSR count). The maximum absolute atomic E-state index is 9.12. The first kappa shape index (κ1) is 17.3. The maximum Gasteiger partial charge on any atom is 0.128 e. The Morgan fingerprint density at radius 3 is 2.28 bits per heavy atom. The van der Waals surface area contributed by atoms with Crippen molar-refractivity contribution in [2.45, 2.75) is 26.2 Å². The van der Waals surface area contributed by atoms with E-state index in [-0.39, 0.29) is 6.17 Å². The molecule has 0 amide bonds. The average Bonchev–Trinajstić information content (AvgIpc) is 3.05. The highest BCUT2D eigenvalue weighted by molar-refractivity contribution is 5.50. The van der Waals surface area contributed by atoms with Gasteiger partial charge in [0.1, 0.15) is 11.5 Å². The summed E-state index contributed by atoms with van der Waals surface area (Å²) < 4.78 is 11.3. The molecule has 25 heavy (non-hydrogen) atoms. The van der Waals surface area contributed by atoms with E-state index < -0.39 is 0 Å². The van der Waals surface area contributed by atoms with Gasteiger partial charge in [0.2, 0.25) is 0 Å². The number of ether oxygens (including phenoxy) is 2. The van der Waals surface area contributed by atoms with E-state index in [2.05, 4.69) is 16.3 Å². The van der Waals surface area contributed by atoms with Crippen molar-refractivity contribution in [3.8, 4) is 17.6 Å². The molecule has 5 nitrogen and oxygen atoms in total. The fraction of sp³-hybridized carbons (Fsp3) is 0.350. The normalized spacial score (nSPS) is 14.7. The van der Waals surface area contributed by atoms with Gasteiger partial charge >= 0.3 is 0 Å². The highest BCUT2D eigenvalue weighted by Crippen LogP contribution is 2.40. The Bertz CT molecular complexity index is 801. The average molecular weight is 337 g/mol. The lowest BCUT2D eigenvalue weighted by atomic mass is 10.1. The minimum Gasteiger partial charge on any atom is -0.496 e. The van der Waals surface area contributed by atoms with Crippen molar-refractivity contribution in [3.63, 3.8) is 0 Å². The van der Waals surface area contributed by atoms with Gasteiger partial charge in [0.15, 0.2) is 0 Å². The van der Waals surface area contributed by atoms with E-state index in [0.29, 0.717) is 5.56 Å². The molecule has 1 unspecified atom stereocenters. The van der Waals surface area contributed by atoms with E-state index in [4.69, 9.17) is 14.7 Å². The summed E-state index contributed by atoms with van der Waals surface area (Å²) in [7, 11) is 5.30. The molecule has 0 bridgehead atoms. The van der Waals surface area contributed by atoms with E-state index in [1.165, 1.54) is 11.1 Å². The Balaban J connectivity index is 1.98. The minimum atomic E-state index is -0.0524. The summed E-state index contributed by atoms with van der Waals surface area (Å²) in [6, 6.07) is 12.2. The number of aryl methyl sites for hydroxylation is 1. The smallest absolute Gasteiger partial charge is 0.128 e. The first-order chi connectivity index (χ1) is 12.1. The van der Waals surface area contributed by atoms with Gasteiger partial charge in [0.05, 0.1) is 37.6 Å². The Hall–Kier alpha value is -2.55. The van der Waals surface area contributed by atoms with Crippen molar-refractivity contribution in [1.82, 2.24) is 10.2 Å². The third-order valence-corrected chi connectivity index (χ3v) is 4.68. The van der Waals surface area contributed by atoms with E-state index in [0.717, 1.165) is 35.7 Å². The molecule has 0 saturated heterocycles. The Kier molecular flexibility index (Phi) is 4.93. The molecule has 2 aromatic rings. The lowest BCUT2D eigenvalue weighted by Gasteiger charge is -2.30. The van der Waals surface area contributed by atoms with Crippen LogP contribution in [0.5, 0.6) is 11.5 Å². The zero-order chi connectivity index (χ0) is 18.0. The van der Waals surface area contributed by atoms with Crippen LogP contribution in [0, 0.1) is 18.3 Å². The molecule has 0 saturated carbocycles. The van der Waals surface area contributed by atoms with Gasteiger partial charge in [0.25, 0.3) is 0 Å². The summed E-state index contributed by atoms with van der Waals surface area (Å²) in [5, 5.41) is 12.5. The number of nitrogens with zero attached hydrogens (tertiary/aromatic N) is 2. The number of nitrogens with one attached hydrogen (secondary N) is 1. The molecule has 1 heterocycles. The van der Waals surface area contributed by atoms with Crippen LogP contribution in [0.2, 0.25) is 0 Å². The fourth-order valence-corrected chi connectivity index (χ4v) is 3.52. The zero-order valence-electron chi connectivity index (χ0n) is 15.1. The van der Waals surface area contributed by atoms with E-state index in [1.807, 2.05) is 44.3 Å². The largest absolute Gasteiger partial charge is 0.496 e. The quantitative estimate of drug-likeness (QED) is 0.908. The van der Waals surface area contributed by atoms with Crippen LogP contribution in [0.25, 0.3) is 0 Å². The molecule has 0 aliphatic carbocycles. The minimum absolute atomic E-state index is 0.0524.